The van der Waals surface area contributed by atoms with E-state index in [1.165, 1.54) is 18.5 Å². The van der Waals surface area contributed by atoms with Gasteiger partial charge in [0.15, 0.2) is 5.84 Å². The first kappa shape index (κ1) is 12.2. The van der Waals surface area contributed by atoms with Gasteiger partial charge < -0.3 is 15.8 Å². The Morgan fingerprint density at radius 1 is 1.59 bits per heavy atom. The number of benzene rings is 1. The fourth-order valence-corrected chi connectivity index (χ4v) is 2.57. The zero-order chi connectivity index (χ0) is 12.4. The van der Waals surface area contributed by atoms with Gasteiger partial charge in [-0.05, 0) is 53.9 Å². The lowest BCUT2D eigenvalue weighted by atomic mass is 10.2. The van der Waals surface area contributed by atoms with Crippen LogP contribution >= 0.6 is 15.9 Å². The molecule has 0 aromatic heterocycles. The van der Waals surface area contributed by atoms with E-state index in [4.69, 9.17) is 10.9 Å². The summed E-state index contributed by atoms with van der Waals surface area (Å²) in [6, 6.07) is 6.44. The predicted octanol–water partition coefficient (Wildman–Crippen LogP) is 2.53. The van der Waals surface area contributed by atoms with Crippen LogP contribution in [0, 0.1) is 0 Å². The summed E-state index contributed by atoms with van der Waals surface area (Å²) in [6.07, 6.45) is 2.53. The van der Waals surface area contributed by atoms with Crippen LogP contribution in [0.5, 0.6) is 0 Å². The number of hydrogen-bond donors (Lipinski definition) is 2. The molecule has 1 aromatic carbocycles. The van der Waals surface area contributed by atoms with Gasteiger partial charge in [0.1, 0.15) is 0 Å². The maximum atomic E-state index is 8.64. The Morgan fingerprint density at radius 3 is 2.76 bits per heavy atom. The van der Waals surface area contributed by atoms with E-state index in [1.54, 1.807) is 0 Å². The maximum absolute atomic E-state index is 8.64. The van der Waals surface area contributed by atoms with E-state index >= 15 is 0 Å². The zero-order valence-electron chi connectivity index (χ0n) is 9.73. The van der Waals surface area contributed by atoms with Gasteiger partial charge in [-0.25, -0.2) is 0 Å². The lowest BCUT2D eigenvalue weighted by molar-refractivity contribution is 0.318. The van der Waals surface area contributed by atoms with Crippen LogP contribution in [-0.4, -0.2) is 23.6 Å². The summed E-state index contributed by atoms with van der Waals surface area (Å²) >= 11 is 3.55. The van der Waals surface area contributed by atoms with Gasteiger partial charge in [0, 0.05) is 22.6 Å². The van der Waals surface area contributed by atoms with E-state index in [0.717, 1.165) is 16.6 Å². The number of amidine groups is 1. The van der Waals surface area contributed by atoms with Crippen LogP contribution in [0.3, 0.4) is 0 Å². The van der Waals surface area contributed by atoms with Crippen molar-refractivity contribution < 1.29 is 5.21 Å². The Hall–Kier alpha value is -1.23. The fraction of sp³-hybridized carbons (Fsp3) is 0.417. The number of nitrogens with zero attached hydrogens (tertiary/aromatic N) is 2. The molecule has 0 amide bonds. The van der Waals surface area contributed by atoms with Crippen molar-refractivity contribution in [3.63, 3.8) is 0 Å². The lowest BCUT2D eigenvalue weighted by Gasteiger charge is -2.24. The highest BCUT2D eigenvalue weighted by Gasteiger charge is 2.29. The number of rotatable bonds is 4. The molecule has 5 heteroatoms. The van der Waals surface area contributed by atoms with Gasteiger partial charge in [-0.2, -0.15) is 0 Å². The lowest BCUT2D eigenvalue weighted by Crippen LogP contribution is -2.25. The van der Waals surface area contributed by atoms with Crippen LogP contribution < -0.4 is 10.6 Å². The summed E-state index contributed by atoms with van der Waals surface area (Å²) in [6.45, 7) is 3.15. The Labute approximate surface area is 109 Å². The molecule has 2 rings (SSSR count). The van der Waals surface area contributed by atoms with Crippen LogP contribution in [0.4, 0.5) is 5.69 Å². The summed E-state index contributed by atoms with van der Waals surface area (Å²) in [5, 5.41) is 11.6. The van der Waals surface area contributed by atoms with Gasteiger partial charge in [0.05, 0.1) is 5.69 Å². The van der Waals surface area contributed by atoms with E-state index in [9.17, 15) is 0 Å². The summed E-state index contributed by atoms with van der Waals surface area (Å²) in [5.41, 5.74) is 7.45. The van der Waals surface area contributed by atoms with Gasteiger partial charge in [0.2, 0.25) is 0 Å². The average Bonchev–Trinajstić information content (AvgIpc) is 3.15. The van der Waals surface area contributed by atoms with Crippen molar-refractivity contribution in [1.29, 1.82) is 0 Å². The third-order valence-corrected chi connectivity index (χ3v) is 3.62. The minimum Gasteiger partial charge on any atom is -0.409 e. The van der Waals surface area contributed by atoms with Crippen molar-refractivity contribution in [1.82, 2.24) is 0 Å². The van der Waals surface area contributed by atoms with E-state index in [-0.39, 0.29) is 5.84 Å². The highest BCUT2D eigenvalue weighted by molar-refractivity contribution is 9.10. The first-order chi connectivity index (χ1) is 8.17. The number of halogens is 1. The van der Waals surface area contributed by atoms with Crippen molar-refractivity contribution in [2.45, 2.75) is 25.8 Å². The molecule has 0 aliphatic heterocycles. The SMILES string of the molecule is CCN(c1ccc(/C(N)=N/O)cc1Br)C1CC1. The summed E-state index contributed by atoms with van der Waals surface area (Å²) in [4.78, 5) is 2.38. The van der Waals surface area contributed by atoms with Gasteiger partial charge in [-0.3, -0.25) is 0 Å². The quantitative estimate of drug-likeness (QED) is 0.388. The largest absolute Gasteiger partial charge is 0.409 e. The molecule has 0 atom stereocenters. The molecule has 1 aliphatic rings. The molecule has 0 unspecified atom stereocenters. The standard InChI is InChI=1S/C12H16BrN3O/c1-2-16(9-4-5-9)11-6-3-8(7-10(11)13)12(14)15-17/h3,6-7,9,17H,2,4-5H2,1H3,(H2,14,15). The molecule has 1 saturated carbocycles. The molecular formula is C12H16BrN3O. The van der Waals surface area contributed by atoms with Gasteiger partial charge in [0.25, 0.3) is 0 Å². The van der Waals surface area contributed by atoms with Crippen molar-refractivity contribution in [3.8, 4) is 0 Å². The normalized spacial score (nSPS) is 16.0. The molecule has 1 aromatic rings. The smallest absolute Gasteiger partial charge is 0.170 e. The second kappa shape index (κ2) is 4.96. The molecule has 17 heavy (non-hydrogen) atoms. The fourth-order valence-electron chi connectivity index (χ4n) is 1.97. The number of oxime groups is 1. The molecular weight excluding hydrogens is 282 g/mol. The molecule has 1 fully saturated rings. The van der Waals surface area contributed by atoms with Gasteiger partial charge in [-0.1, -0.05) is 5.16 Å². The Balaban J connectivity index is 2.30. The van der Waals surface area contributed by atoms with Crippen molar-refractivity contribution in [2.75, 3.05) is 11.4 Å². The molecule has 0 radical (unpaired) electrons. The molecule has 3 N–H and O–H groups in total. The molecule has 0 spiro atoms. The predicted molar refractivity (Wildman–Crippen MR) is 72.7 cm³/mol. The summed E-state index contributed by atoms with van der Waals surface area (Å²) < 4.78 is 0.982. The van der Waals surface area contributed by atoms with E-state index in [0.29, 0.717) is 6.04 Å². The van der Waals surface area contributed by atoms with Crippen molar-refractivity contribution >= 4 is 27.5 Å². The Kier molecular flexibility index (Phi) is 3.57. The van der Waals surface area contributed by atoms with Crippen molar-refractivity contribution in [3.05, 3.63) is 28.2 Å². The summed E-state index contributed by atoms with van der Waals surface area (Å²) in [7, 11) is 0. The zero-order valence-corrected chi connectivity index (χ0v) is 11.3. The van der Waals surface area contributed by atoms with Crippen LogP contribution in [0.2, 0.25) is 0 Å². The number of hydrogen-bond acceptors (Lipinski definition) is 3. The number of anilines is 1. The molecule has 0 heterocycles. The third-order valence-electron chi connectivity index (χ3n) is 2.99. The van der Waals surface area contributed by atoms with E-state index in [2.05, 4.69) is 32.9 Å². The molecule has 92 valence electrons. The first-order valence-electron chi connectivity index (χ1n) is 5.71. The van der Waals surface area contributed by atoms with Crippen molar-refractivity contribution in [2.24, 2.45) is 10.9 Å². The maximum Gasteiger partial charge on any atom is 0.170 e. The van der Waals surface area contributed by atoms with Crippen LogP contribution in [-0.2, 0) is 0 Å². The first-order valence-corrected chi connectivity index (χ1v) is 6.50. The second-order valence-electron chi connectivity index (χ2n) is 4.17. The molecule has 4 nitrogen and oxygen atoms in total. The molecule has 0 bridgehead atoms. The van der Waals surface area contributed by atoms with Gasteiger partial charge in [-0.15, -0.1) is 0 Å². The highest BCUT2D eigenvalue weighted by atomic mass is 79.9. The monoisotopic (exact) mass is 297 g/mol. The van der Waals surface area contributed by atoms with Gasteiger partial charge >= 0.3 is 0 Å². The Bertz CT molecular complexity index is 443. The van der Waals surface area contributed by atoms with E-state index in [1.807, 2.05) is 18.2 Å². The summed E-state index contributed by atoms with van der Waals surface area (Å²) in [5.74, 6) is 0.131. The van der Waals surface area contributed by atoms with Crippen LogP contribution in [0.1, 0.15) is 25.3 Å². The second-order valence-corrected chi connectivity index (χ2v) is 5.02. The molecule has 0 saturated heterocycles. The van der Waals surface area contributed by atoms with Crippen LogP contribution in [0.15, 0.2) is 27.8 Å². The highest BCUT2D eigenvalue weighted by Crippen LogP contribution is 2.35. The Morgan fingerprint density at radius 2 is 2.29 bits per heavy atom. The topological polar surface area (TPSA) is 61.8 Å². The minimum atomic E-state index is 0.131. The minimum absolute atomic E-state index is 0.131. The van der Waals surface area contributed by atoms with Crippen LogP contribution in [0.25, 0.3) is 0 Å². The number of nitrogens with two attached hydrogens (primary N) is 1. The third kappa shape index (κ3) is 2.54. The molecule has 1 aliphatic carbocycles. The average molecular weight is 298 g/mol. The van der Waals surface area contributed by atoms with E-state index < -0.39 is 0 Å².